The molecule has 0 unspecified atom stereocenters. The summed E-state index contributed by atoms with van der Waals surface area (Å²) in [6.07, 6.45) is 3.06. The summed E-state index contributed by atoms with van der Waals surface area (Å²) in [5.74, 6) is 0.418. The molecule has 1 heterocycles. The Morgan fingerprint density at radius 1 is 1.15 bits per heavy atom. The summed E-state index contributed by atoms with van der Waals surface area (Å²) in [6.45, 7) is 2.72. The van der Waals surface area contributed by atoms with E-state index in [4.69, 9.17) is 5.73 Å². The molecule has 4 heteroatoms. The van der Waals surface area contributed by atoms with Crippen LogP contribution in [0.2, 0.25) is 0 Å². The predicted octanol–water partition coefficient (Wildman–Crippen LogP) is 1.85. The fraction of sp³-hybridized carbons (Fsp3) is 0.500. The van der Waals surface area contributed by atoms with Crippen molar-refractivity contribution < 1.29 is 9.59 Å². The minimum Gasteiger partial charge on any atom is -0.370 e. The van der Waals surface area contributed by atoms with Gasteiger partial charge in [0.2, 0.25) is 5.91 Å². The van der Waals surface area contributed by atoms with E-state index in [1.165, 1.54) is 0 Å². The van der Waals surface area contributed by atoms with Gasteiger partial charge in [0, 0.05) is 24.9 Å². The monoisotopic (exact) mass is 274 g/mol. The Labute approximate surface area is 119 Å². The highest BCUT2D eigenvalue weighted by atomic mass is 16.1. The van der Waals surface area contributed by atoms with Crippen LogP contribution in [0.15, 0.2) is 30.3 Å². The average Bonchev–Trinajstić information content (AvgIpc) is 2.46. The van der Waals surface area contributed by atoms with Crippen LogP contribution in [0.25, 0.3) is 0 Å². The molecule has 1 aliphatic heterocycles. The lowest BCUT2D eigenvalue weighted by Crippen LogP contribution is -2.36. The van der Waals surface area contributed by atoms with Crippen LogP contribution in [0.3, 0.4) is 0 Å². The summed E-state index contributed by atoms with van der Waals surface area (Å²) in [7, 11) is 0. The first-order valence-corrected chi connectivity index (χ1v) is 7.24. The van der Waals surface area contributed by atoms with E-state index in [-0.39, 0.29) is 11.7 Å². The Morgan fingerprint density at radius 2 is 1.80 bits per heavy atom. The van der Waals surface area contributed by atoms with Crippen molar-refractivity contribution in [2.45, 2.75) is 25.7 Å². The fourth-order valence-corrected chi connectivity index (χ4v) is 2.73. The van der Waals surface area contributed by atoms with Crippen LogP contribution in [0.5, 0.6) is 0 Å². The minimum absolute atomic E-state index is 0.199. The highest BCUT2D eigenvalue weighted by Crippen LogP contribution is 2.20. The molecule has 1 aromatic carbocycles. The molecule has 2 N–H and O–H groups in total. The molecule has 1 amide bonds. The smallest absolute Gasteiger partial charge is 0.217 e. The molecule has 1 fully saturated rings. The fourth-order valence-electron chi connectivity index (χ4n) is 2.73. The Bertz CT molecular complexity index is 451. The third-order valence-corrected chi connectivity index (χ3v) is 3.95. The number of carbonyl (C=O) groups is 2. The van der Waals surface area contributed by atoms with Crippen LogP contribution < -0.4 is 5.73 Å². The standard InChI is InChI=1S/C16H22N2O2/c17-16(20)12-13-6-9-18(10-7-13)11-8-15(19)14-4-2-1-3-5-14/h1-5,13H,6-12H2,(H2,17,20). The van der Waals surface area contributed by atoms with E-state index in [1.807, 2.05) is 30.3 Å². The van der Waals surface area contributed by atoms with Gasteiger partial charge in [0.15, 0.2) is 5.78 Å². The summed E-state index contributed by atoms with van der Waals surface area (Å²) in [4.78, 5) is 25.2. The van der Waals surface area contributed by atoms with Crippen molar-refractivity contribution in [1.29, 1.82) is 0 Å². The van der Waals surface area contributed by atoms with Crippen LogP contribution in [0.4, 0.5) is 0 Å². The minimum atomic E-state index is -0.206. The molecule has 0 spiro atoms. The number of nitrogens with zero attached hydrogens (tertiary/aromatic N) is 1. The lowest BCUT2D eigenvalue weighted by atomic mass is 9.93. The lowest BCUT2D eigenvalue weighted by molar-refractivity contribution is -0.119. The summed E-state index contributed by atoms with van der Waals surface area (Å²) < 4.78 is 0. The number of nitrogens with two attached hydrogens (primary N) is 1. The molecule has 4 nitrogen and oxygen atoms in total. The van der Waals surface area contributed by atoms with Gasteiger partial charge in [-0.2, -0.15) is 0 Å². The van der Waals surface area contributed by atoms with Crippen LogP contribution in [-0.4, -0.2) is 36.2 Å². The molecule has 108 valence electrons. The highest BCUT2D eigenvalue weighted by molar-refractivity contribution is 5.96. The summed E-state index contributed by atoms with van der Waals surface area (Å²) in [5.41, 5.74) is 6.01. The Kier molecular flexibility index (Phi) is 5.30. The van der Waals surface area contributed by atoms with Crippen LogP contribution in [0.1, 0.15) is 36.0 Å². The topological polar surface area (TPSA) is 63.4 Å². The number of rotatable bonds is 6. The molecule has 1 aliphatic rings. The van der Waals surface area contributed by atoms with Crippen molar-refractivity contribution in [3.8, 4) is 0 Å². The van der Waals surface area contributed by atoms with Gasteiger partial charge in [-0.15, -0.1) is 0 Å². The molecule has 0 atom stereocenters. The van der Waals surface area contributed by atoms with E-state index in [1.54, 1.807) is 0 Å². The van der Waals surface area contributed by atoms with Gasteiger partial charge in [-0.05, 0) is 31.8 Å². The average molecular weight is 274 g/mol. The number of carbonyl (C=O) groups excluding carboxylic acids is 2. The van der Waals surface area contributed by atoms with Crippen molar-refractivity contribution in [3.63, 3.8) is 0 Å². The predicted molar refractivity (Wildman–Crippen MR) is 78.4 cm³/mol. The zero-order valence-electron chi connectivity index (χ0n) is 11.8. The van der Waals surface area contributed by atoms with E-state index in [2.05, 4.69) is 4.90 Å². The van der Waals surface area contributed by atoms with Crippen molar-refractivity contribution >= 4 is 11.7 Å². The molecule has 1 aromatic rings. The second kappa shape index (κ2) is 7.20. The summed E-state index contributed by atoms with van der Waals surface area (Å²) >= 11 is 0. The van der Waals surface area contributed by atoms with Crippen LogP contribution in [-0.2, 0) is 4.79 Å². The van der Waals surface area contributed by atoms with Gasteiger partial charge in [0.1, 0.15) is 0 Å². The van der Waals surface area contributed by atoms with Gasteiger partial charge in [0.25, 0.3) is 0 Å². The van der Waals surface area contributed by atoms with Gasteiger partial charge in [0.05, 0.1) is 0 Å². The van der Waals surface area contributed by atoms with Crippen LogP contribution >= 0.6 is 0 Å². The molecule has 1 saturated heterocycles. The third-order valence-electron chi connectivity index (χ3n) is 3.95. The number of hydrogen-bond acceptors (Lipinski definition) is 3. The van der Waals surface area contributed by atoms with Gasteiger partial charge in [-0.3, -0.25) is 9.59 Å². The quantitative estimate of drug-likeness (QED) is 0.805. The molecule has 0 saturated carbocycles. The van der Waals surface area contributed by atoms with Crippen molar-refractivity contribution in [3.05, 3.63) is 35.9 Å². The number of piperidine rings is 1. The maximum atomic E-state index is 12.0. The van der Waals surface area contributed by atoms with Gasteiger partial charge >= 0.3 is 0 Å². The van der Waals surface area contributed by atoms with Crippen molar-refractivity contribution in [1.82, 2.24) is 4.90 Å². The number of primary amides is 1. The van der Waals surface area contributed by atoms with Crippen molar-refractivity contribution in [2.24, 2.45) is 11.7 Å². The third kappa shape index (κ3) is 4.46. The first-order chi connectivity index (χ1) is 9.65. The van der Waals surface area contributed by atoms with E-state index >= 15 is 0 Å². The normalized spacial score (nSPS) is 17.0. The Balaban J connectivity index is 1.71. The van der Waals surface area contributed by atoms with E-state index in [0.717, 1.165) is 38.0 Å². The molecule has 0 aromatic heterocycles. The number of ketones is 1. The zero-order valence-corrected chi connectivity index (χ0v) is 11.8. The molecular formula is C16H22N2O2. The van der Waals surface area contributed by atoms with E-state index < -0.39 is 0 Å². The van der Waals surface area contributed by atoms with Crippen molar-refractivity contribution in [2.75, 3.05) is 19.6 Å². The number of amides is 1. The Morgan fingerprint density at radius 3 is 2.40 bits per heavy atom. The first-order valence-electron chi connectivity index (χ1n) is 7.24. The molecule has 0 bridgehead atoms. The summed E-state index contributed by atoms with van der Waals surface area (Å²) in [5, 5.41) is 0. The van der Waals surface area contributed by atoms with Gasteiger partial charge in [-0.25, -0.2) is 0 Å². The van der Waals surface area contributed by atoms with Crippen LogP contribution in [0, 0.1) is 5.92 Å². The number of hydrogen-bond donors (Lipinski definition) is 1. The maximum Gasteiger partial charge on any atom is 0.217 e. The Hall–Kier alpha value is -1.68. The summed E-state index contributed by atoms with van der Waals surface area (Å²) in [6, 6.07) is 9.42. The number of likely N-dealkylation sites (tertiary alicyclic amines) is 1. The number of Topliss-reactive ketones (excluding diaryl/α,β-unsaturated/α-hetero) is 1. The largest absolute Gasteiger partial charge is 0.370 e. The zero-order chi connectivity index (χ0) is 14.4. The SMILES string of the molecule is NC(=O)CC1CCN(CCC(=O)c2ccccc2)CC1. The number of benzene rings is 1. The van der Waals surface area contributed by atoms with Gasteiger partial charge < -0.3 is 10.6 Å². The maximum absolute atomic E-state index is 12.0. The molecule has 20 heavy (non-hydrogen) atoms. The molecule has 2 rings (SSSR count). The second-order valence-electron chi connectivity index (χ2n) is 5.49. The van der Waals surface area contributed by atoms with Gasteiger partial charge in [-0.1, -0.05) is 30.3 Å². The molecule has 0 radical (unpaired) electrons. The van der Waals surface area contributed by atoms with E-state index in [0.29, 0.717) is 18.8 Å². The lowest BCUT2D eigenvalue weighted by Gasteiger charge is -2.31. The first kappa shape index (κ1) is 14.7. The second-order valence-corrected chi connectivity index (χ2v) is 5.49. The van der Waals surface area contributed by atoms with E-state index in [9.17, 15) is 9.59 Å². The molecular weight excluding hydrogens is 252 g/mol. The highest BCUT2D eigenvalue weighted by Gasteiger charge is 2.20. The molecule has 0 aliphatic carbocycles.